The molecule has 0 saturated heterocycles. The van der Waals surface area contributed by atoms with Gasteiger partial charge in [-0.2, -0.15) is 11.8 Å². The van der Waals surface area contributed by atoms with Crippen molar-refractivity contribution in [3.05, 3.63) is 89.5 Å². The highest BCUT2D eigenvalue weighted by atomic mass is 32.2. The normalized spacial score (nSPS) is 10.7. The fourth-order valence-corrected chi connectivity index (χ4v) is 5.10. The van der Waals surface area contributed by atoms with Gasteiger partial charge in [0.05, 0.1) is 7.11 Å². The number of carbonyl (C=O) groups excluding carboxylic acids is 1. The second kappa shape index (κ2) is 14.0. The maximum Gasteiger partial charge on any atom is 0.261 e. The lowest BCUT2D eigenvalue weighted by molar-refractivity contribution is 0.0984. The van der Waals surface area contributed by atoms with E-state index in [1.807, 2.05) is 36.0 Å². The minimum Gasteiger partial charge on any atom is -0.497 e. The van der Waals surface area contributed by atoms with Gasteiger partial charge >= 0.3 is 0 Å². The average Bonchev–Trinajstić information content (AvgIpc) is 2.86. The number of rotatable bonds is 13. The Kier molecular flexibility index (Phi) is 10.7. The molecule has 0 aliphatic carbocycles. The predicted octanol–water partition coefficient (Wildman–Crippen LogP) is 7.75. The van der Waals surface area contributed by atoms with Gasteiger partial charge in [-0.05, 0) is 52.9 Å². The van der Waals surface area contributed by atoms with Crippen molar-refractivity contribution in [2.45, 2.75) is 44.1 Å². The number of methoxy groups -OCH3 is 1. The molecule has 174 valence electrons. The van der Waals surface area contributed by atoms with Crippen LogP contribution in [0.3, 0.4) is 0 Å². The van der Waals surface area contributed by atoms with Gasteiger partial charge in [-0.3, -0.25) is 9.52 Å². The van der Waals surface area contributed by atoms with E-state index in [0.717, 1.165) is 40.6 Å². The minimum atomic E-state index is -0.0101. The third-order valence-electron chi connectivity index (χ3n) is 5.35. The molecular weight excluding hydrogens is 446 g/mol. The first-order valence-corrected chi connectivity index (χ1v) is 13.7. The van der Waals surface area contributed by atoms with Crippen LogP contribution in [-0.4, -0.2) is 18.8 Å². The van der Waals surface area contributed by atoms with Crippen LogP contribution in [0, 0.1) is 0 Å². The van der Waals surface area contributed by atoms with Gasteiger partial charge in [-0.1, -0.05) is 86.7 Å². The van der Waals surface area contributed by atoms with E-state index in [-0.39, 0.29) is 5.91 Å². The SMILES string of the molecule is CCCCCCSNC(=O)c1ccc(CSCc2cccc(-c3cccc(OC)c3)c2)cc1. The minimum absolute atomic E-state index is 0.0101. The number of ether oxygens (including phenoxy) is 1. The van der Waals surface area contributed by atoms with Crippen molar-refractivity contribution in [1.29, 1.82) is 0 Å². The van der Waals surface area contributed by atoms with Gasteiger partial charge in [0.1, 0.15) is 5.75 Å². The van der Waals surface area contributed by atoms with E-state index in [2.05, 4.69) is 60.2 Å². The number of amides is 1. The van der Waals surface area contributed by atoms with Crippen molar-refractivity contribution in [3.8, 4) is 16.9 Å². The zero-order valence-corrected chi connectivity index (χ0v) is 21.1. The van der Waals surface area contributed by atoms with Crippen LogP contribution in [0.4, 0.5) is 0 Å². The summed E-state index contributed by atoms with van der Waals surface area (Å²) in [4.78, 5) is 12.3. The van der Waals surface area contributed by atoms with E-state index in [9.17, 15) is 4.79 Å². The first-order chi connectivity index (χ1) is 16.2. The quantitative estimate of drug-likeness (QED) is 0.201. The average molecular weight is 480 g/mol. The second-order valence-electron chi connectivity index (χ2n) is 7.96. The smallest absolute Gasteiger partial charge is 0.261 e. The Labute approximate surface area is 206 Å². The van der Waals surface area contributed by atoms with Crippen LogP contribution in [0.15, 0.2) is 72.8 Å². The highest BCUT2D eigenvalue weighted by molar-refractivity contribution is 7.98. The van der Waals surface area contributed by atoms with Crippen LogP contribution >= 0.6 is 23.7 Å². The Morgan fingerprint density at radius 2 is 1.58 bits per heavy atom. The highest BCUT2D eigenvalue weighted by Gasteiger charge is 2.06. The molecule has 3 nitrogen and oxygen atoms in total. The van der Waals surface area contributed by atoms with Crippen molar-refractivity contribution in [2.24, 2.45) is 0 Å². The van der Waals surface area contributed by atoms with Crippen molar-refractivity contribution in [3.63, 3.8) is 0 Å². The molecule has 0 spiro atoms. The van der Waals surface area contributed by atoms with Gasteiger partial charge < -0.3 is 4.74 Å². The fourth-order valence-electron chi connectivity index (χ4n) is 3.46. The number of carbonyl (C=O) groups is 1. The Hall–Kier alpha value is -2.37. The van der Waals surface area contributed by atoms with E-state index >= 15 is 0 Å². The molecule has 0 atom stereocenters. The lowest BCUT2D eigenvalue weighted by Crippen LogP contribution is -2.16. The van der Waals surface area contributed by atoms with Gasteiger partial charge in [0.2, 0.25) is 0 Å². The van der Waals surface area contributed by atoms with Crippen LogP contribution < -0.4 is 9.46 Å². The molecule has 5 heteroatoms. The zero-order chi connectivity index (χ0) is 23.3. The molecular formula is C28H33NO2S2. The molecule has 3 aromatic rings. The topological polar surface area (TPSA) is 38.3 Å². The Morgan fingerprint density at radius 3 is 2.33 bits per heavy atom. The number of nitrogens with one attached hydrogen (secondary N) is 1. The molecule has 0 heterocycles. The van der Waals surface area contributed by atoms with Gasteiger partial charge in [0, 0.05) is 22.8 Å². The summed E-state index contributed by atoms with van der Waals surface area (Å²) < 4.78 is 8.30. The van der Waals surface area contributed by atoms with Crippen LogP contribution in [0.2, 0.25) is 0 Å². The molecule has 3 rings (SSSR count). The van der Waals surface area contributed by atoms with Gasteiger partial charge in [0.25, 0.3) is 5.91 Å². The van der Waals surface area contributed by atoms with Crippen molar-refractivity contribution < 1.29 is 9.53 Å². The zero-order valence-electron chi connectivity index (χ0n) is 19.5. The maximum absolute atomic E-state index is 12.3. The first kappa shape index (κ1) is 25.3. The third-order valence-corrected chi connectivity index (χ3v) is 7.25. The molecule has 0 radical (unpaired) electrons. The summed E-state index contributed by atoms with van der Waals surface area (Å²) in [5.74, 6) is 3.69. The molecule has 3 aromatic carbocycles. The Balaban J connectivity index is 1.45. The summed E-state index contributed by atoms with van der Waals surface area (Å²) in [5.41, 5.74) is 5.61. The molecule has 1 N–H and O–H groups in total. The van der Waals surface area contributed by atoms with E-state index in [1.54, 1.807) is 7.11 Å². The van der Waals surface area contributed by atoms with Crippen molar-refractivity contribution in [2.75, 3.05) is 12.9 Å². The van der Waals surface area contributed by atoms with Crippen molar-refractivity contribution >= 4 is 29.6 Å². The molecule has 0 unspecified atom stereocenters. The third kappa shape index (κ3) is 8.49. The van der Waals surface area contributed by atoms with Crippen molar-refractivity contribution in [1.82, 2.24) is 4.72 Å². The molecule has 33 heavy (non-hydrogen) atoms. The predicted molar refractivity (Wildman–Crippen MR) is 144 cm³/mol. The molecule has 1 amide bonds. The van der Waals surface area contributed by atoms with E-state index in [0.29, 0.717) is 0 Å². The summed E-state index contributed by atoms with van der Waals surface area (Å²) in [6.07, 6.45) is 4.88. The Morgan fingerprint density at radius 1 is 0.848 bits per heavy atom. The van der Waals surface area contributed by atoms with Crippen LogP contribution in [0.5, 0.6) is 5.75 Å². The molecule has 0 bridgehead atoms. The molecule has 0 aliphatic rings. The van der Waals surface area contributed by atoms with Crippen LogP contribution in [0.25, 0.3) is 11.1 Å². The lowest BCUT2D eigenvalue weighted by Gasteiger charge is -2.08. The van der Waals surface area contributed by atoms with E-state index in [1.165, 1.54) is 47.9 Å². The summed E-state index contributed by atoms with van der Waals surface area (Å²) in [6, 6.07) is 24.8. The van der Waals surface area contributed by atoms with Gasteiger partial charge in [0.15, 0.2) is 0 Å². The fraction of sp³-hybridized carbons (Fsp3) is 0.321. The summed E-state index contributed by atoms with van der Waals surface area (Å²) in [7, 11) is 1.69. The summed E-state index contributed by atoms with van der Waals surface area (Å²) >= 11 is 3.39. The largest absolute Gasteiger partial charge is 0.497 e. The van der Waals surface area contributed by atoms with E-state index < -0.39 is 0 Å². The summed E-state index contributed by atoms with van der Waals surface area (Å²) in [6.45, 7) is 2.21. The first-order valence-electron chi connectivity index (χ1n) is 11.5. The monoisotopic (exact) mass is 479 g/mol. The Bertz CT molecular complexity index is 1000. The number of unbranched alkanes of at least 4 members (excludes halogenated alkanes) is 3. The second-order valence-corrected chi connectivity index (χ2v) is 9.85. The standard InChI is InChI=1S/C28H33NO2S2/c1-3-4-5-6-17-33-29-28(30)24-15-13-22(14-16-24)20-32-21-23-9-7-10-25(18-23)26-11-8-12-27(19-26)31-2/h7-16,18-19H,3-6,17,20-21H2,1-2H3,(H,29,30). The number of hydrogen-bond acceptors (Lipinski definition) is 4. The number of thioether (sulfide) groups is 1. The van der Waals surface area contributed by atoms with Crippen LogP contribution in [-0.2, 0) is 11.5 Å². The number of hydrogen-bond donors (Lipinski definition) is 1. The molecule has 0 saturated carbocycles. The van der Waals surface area contributed by atoms with Crippen LogP contribution in [0.1, 0.15) is 54.1 Å². The molecule has 0 aliphatic heterocycles. The lowest BCUT2D eigenvalue weighted by atomic mass is 10.0. The highest BCUT2D eigenvalue weighted by Crippen LogP contribution is 2.26. The van der Waals surface area contributed by atoms with Gasteiger partial charge in [-0.25, -0.2) is 0 Å². The maximum atomic E-state index is 12.3. The van der Waals surface area contributed by atoms with Gasteiger partial charge in [-0.15, -0.1) is 0 Å². The molecule has 0 aromatic heterocycles. The number of benzene rings is 3. The van der Waals surface area contributed by atoms with E-state index in [4.69, 9.17) is 4.74 Å². The molecule has 0 fully saturated rings. The summed E-state index contributed by atoms with van der Waals surface area (Å²) in [5, 5.41) is 0.